The van der Waals surface area contributed by atoms with Crippen LogP contribution in [0.2, 0.25) is 5.15 Å². The molecule has 4 rings (SSSR count). The van der Waals surface area contributed by atoms with E-state index in [4.69, 9.17) is 11.6 Å². The van der Waals surface area contributed by atoms with Crippen LogP contribution in [-0.4, -0.2) is 27.9 Å². The van der Waals surface area contributed by atoms with E-state index in [1.54, 1.807) is 19.9 Å². The van der Waals surface area contributed by atoms with E-state index < -0.39 is 0 Å². The first-order valence-corrected chi connectivity index (χ1v) is 8.16. The minimum Gasteiger partial charge on any atom is -0.266 e. The van der Waals surface area contributed by atoms with Gasteiger partial charge in [0.25, 0.3) is 5.91 Å². The lowest BCUT2D eigenvalue weighted by Crippen LogP contribution is -2.32. The normalized spacial score (nSPS) is 20.4. The van der Waals surface area contributed by atoms with Crippen molar-refractivity contribution in [2.45, 2.75) is 19.8 Å². The second kappa shape index (κ2) is 5.89. The van der Waals surface area contributed by atoms with E-state index in [0.717, 1.165) is 11.3 Å². The van der Waals surface area contributed by atoms with Crippen LogP contribution in [0.15, 0.2) is 52.1 Å². The fourth-order valence-corrected chi connectivity index (χ4v) is 3.16. The molecule has 7 heteroatoms. The van der Waals surface area contributed by atoms with Crippen LogP contribution >= 0.6 is 11.6 Å². The third-order valence-corrected chi connectivity index (χ3v) is 4.24. The number of anilines is 1. The number of aryl methyl sites for hydroxylation is 1. The zero-order valence-electron chi connectivity index (χ0n) is 13.6. The van der Waals surface area contributed by atoms with E-state index in [1.807, 2.05) is 36.6 Å². The van der Waals surface area contributed by atoms with E-state index in [2.05, 4.69) is 20.0 Å². The highest BCUT2D eigenvalue weighted by atomic mass is 35.5. The van der Waals surface area contributed by atoms with Crippen molar-refractivity contribution in [2.24, 2.45) is 9.98 Å². The number of carbonyl (C=O) groups is 1. The average Bonchev–Trinajstić information content (AvgIpc) is 3.08. The highest BCUT2D eigenvalue weighted by Crippen LogP contribution is 2.34. The quantitative estimate of drug-likeness (QED) is 0.613. The minimum atomic E-state index is -0.267. The summed E-state index contributed by atoms with van der Waals surface area (Å²) in [6.07, 6.45) is 3.64. The Morgan fingerprint density at radius 1 is 1.20 bits per heavy atom. The van der Waals surface area contributed by atoms with Crippen molar-refractivity contribution >= 4 is 41.2 Å². The summed E-state index contributed by atoms with van der Waals surface area (Å²) in [6.45, 7) is 3.54. The number of rotatable bonds is 2. The van der Waals surface area contributed by atoms with Gasteiger partial charge in [0, 0.05) is 17.8 Å². The average molecular weight is 352 g/mol. The van der Waals surface area contributed by atoms with Crippen LogP contribution < -0.4 is 4.90 Å². The first-order valence-electron chi connectivity index (χ1n) is 7.79. The van der Waals surface area contributed by atoms with E-state index in [1.165, 1.54) is 4.90 Å². The molecule has 0 N–H and O–H groups in total. The van der Waals surface area contributed by atoms with E-state index in [-0.39, 0.29) is 22.9 Å². The molecule has 0 saturated heterocycles. The molecule has 2 aliphatic rings. The number of para-hydroxylation sites is 1. The first-order chi connectivity index (χ1) is 12.0. The summed E-state index contributed by atoms with van der Waals surface area (Å²) < 4.78 is 0. The number of amides is 1. The molecule has 2 aliphatic heterocycles. The number of aromatic nitrogens is 2. The second-order valence-corrected chi connectivity index (χ2v) is 6.23. The van der Waals surface area contributed by atoms with Crippen LogP contribution in [0.4, 0.5) is 11.6 Å². The molecule has 0 spiro atoms. The number of benzene rings is 1. The molecule has 6 nitrogen and oxygen atoms in total. The maximum absolute atomic E-state index is 12.8. The monoisotopic (exact) mass is 351 g/mol. The van der Waals surface area contributed by atoms with Crippen molar-refractivity contribution in [1.29, 1.82) is 0 Å². The Morgan fingerprint density at radius 3 is 2.80 bits per heavy atom. The Hall–Kier alpha value is -2.86. The maximum atomic E-state index is 12.8. The smallest absolute Gasteiger partial charge is 0.266 e. The molecular weight excluding hydrogens is 338 g/mol. The van der Waals surface area contributed by atoms with Crippen molar-refractivity contribution in [3.8, 4) is 0 Å². The van der Waals surface area contributed by atoms with Gasteiger partial charge in [0.05, 0.1) is 5.69 Å². The number of aliphatic imine (C=N–C) groups is 2. The first kappa shape index (κ1) is 15.7. The number of hydrogen-bond donors (Lipinski definition) is 0. The van der Waals surface area contributed by atoms with Crippen molar-refractivity contribution in [3.63, 3.8) is 0 Å². The molecule has 1 amide bonds. The zero-order valence-corrected chi connectivity index (χ0v) is 14.4. The number of amidine groups is 1. The van der Waals surface area contributed by atoms with Gasteiger partial charge in [-0.2, -0.15) is 0 Å². The van der Waals surface area contributed by atoms with Gasteiger partial charge in [-0.3, -0.25) is 9.79 Å². The van der Waals surface area contributed by atoms with Gasteiger partial charge in [0.15, 0.2) is 0 Å². The Morgan fingerprint density at radius 2 is 2.00 bits per heavy atom. The Balaban J connectivity index is 1.68. The summed E-state index contributed by atoms with van der Waals surface area (Å²) in [6, 6.07) is 9.49. The van der Waals surface area contributed by atoms with Crippen LogP contribution in [0.1, 0.15) is 24.1 Å². The summed E-state index contributed by atoms with van der Waals surface area (Å²) in [7, 11) is 0. The standard InChI is InChI=1S/C18H14ClN5O/c1-10-7-16(19)23-18(21-10)24-11(2)22-15(17(24)25)8-12-9-20-14-6-4-3-5-13(12)14/h3-9,12H,1-2H3/b15-8+. The van der Waals surface area contributed by atoms with E-state index in [9.17, 15) is 4.79 Å². The lowest BCUT2D eigenvalue weighted by molar-refractivity contribution is -0.114. The number of carbonyl (C=O) groups excluding carboxylic acids is 1. The lowest BCUT2D eigenvalue weighted by atomic mass is 10.00. The molecule has 1 aromatic carbocycles. The van der Waals surface area contributed by atoms with Crippen LogP contribution in [0.25, 0.3) is 0 Å². The Kier molecular flexibility index (Phi) is 3.69. The highest BCUT2D eigenvalue weighted by molar-refractivity contribution is 6.30. The van der Waals surface area contributed by atoms with Gasteiger partial charge >= 0.3 is 0 Å². The van der Waals surface area contributed by atoms with Gasteiger partial charge in [0.2, 0.25) is 5.95 Å². The molecule has 124 valence electrons. The van der Waals surface area contributed by atoms with Crippen LogP contribution in [0, 0.1) is 6.92 Å². The van der Waals surface area contributed by atoms with Gasteiger partial charge < -0.3 is 0 Å². The molecule has 1 unspecified atom stereocenters. The third kappa shape index (κ3) is 2.74. The highest BCUT2D eigenvalue weighted by Gasteiger charge is 2.32. The fourth-order valence-electron chi connectivity index (χ4n) is 2.92. The van der Waals surface area contributed by atoms with Crippen molar-refractivity contribution in [1.82, 2.24) is 9.97 Å². The van der Waals surface area contributed by atoms with Crippen LogP contribution in [-0.2, 0) is 4.79 Å². The molecule has 0 radical (unpaired) electrons. The van der Waals surface area contributed by atoms with Crippen molar-refractivity contribution in [2.75, 3.05) is 4.90 Å². The molecular formula is C18H14ClN5O. The second-order valence-electron chi connectivity index (χ2n) is 5.85. The number of allylic oxidation sites excluding steroid dienone is 1. The number of nitrogens with zero attached hydrogens (tertiary/aromatic N) is 5. The molecule has 1 aromatic heterocycles. The molecule has 2 aromatic rings. The van der Waals surface area contributed by atoms with E-state index >= 15 is 0 Å². The fraction of sp³-hybridized carbons (Fsp3) is 0.167. The zero-order chi connectivity index (χ0) is 17.6. The molecule has 0 aliphatic carbocycles. The SMILES string of the molecule is CC1=N/C(=C/C2C=Nc3ccccc32)C(=O)N1c1nc(C)cc(Cl)n1. The molecule has 3 heterocycles. The number of hydrogen-bond acceptors (Lipinski definition) is 5. The van der Waals surface area contributed by atoms with Gasteiger partial charge in [0.1, 0.15) is 16.7 Å². The molecule has 0 fully saturated rings. The molecule has 0 bridgehead atoms. The minimum absolute atomic E-state index is 0.0753. The summed E-state index contributed by atoms with van der Waals surface area (Å²) in [5.41, 5.74) is 3.02. The maximum Gasteiger partial charge on any atom is 0.284 e. The molecule has 25 heavy (non-hydrogen) atoms. The Bertz CT molecular complexity index is 959. The Labute approximate surface area is 149 Å². The van der Waals surface area contributed by atoms with Crippen molar-refractivity contribution < 1.29 is 4.79 Å². The van der Waals surface area contributed by atoms with Gasteiger partial charge in [-0.25, -0.2) is 19.9 Å². The molecule has 1 atom stereocenters. The predicted octanol–water partition coefficient (Wildman–Crippen LogP) is 3.59. The summed E-state index contributed by atoms with van der Waals surface area (Å²) in [5, 5.41) is 0.289. The summed E-state index contributed by atoms with van der Waals surface area (Å²) in [5.74, 6) is 0.409. The third-order valence-electron chi connectivity index (χ3n) is 4.05. The largest absolute Gasteiger partial charge is 0.284 e. The van der Waals surface area contributed by atoms with Gasteiger partial charge in [-0.05, 0) is 37.6 Å². The van der Waals surface area contributed by atoms with Crippen LogP contribution in [0.5, 0.6) is 0 Å². The predicted molar refractivity (Wildman–Crippen MR) is 97.8 cm³/mol. The summed E-state index contributed by atoms with van der Waals surface area (Å²) in [4.78, 5) is 31.4. The number of fused-ring (bicyclic) bond motifs is 1. The van der Waals surface area contributed by atoms with Gasteiger partial charge in [-0.15, -0.1) is 0 Å². The van der Waals surface area contributed by atoms with Crippen LogP contribution in [0.3, 0.4) is 0 Å². The van der Waals surface area contributed by atoms with E-state index in [0.29, 0.717) is 17.2 Å². The summed E-state index contributed by atoms with van der Waals surface area (Å²) >= 11 is 5.99. The van der Waals surface area contributed by atoms with Gasteiger partial charge in [-0.1, -0.05) is 29.8 Å². The lowest BCUT2D eigenvalue weighted by Gasteiger charge is -2.14. The topological polar surface area (TPSA) is 70.8 Å². The van der Waals surface area contributed by atoms with Crippen molar-refractivity contribution in [3.05, 3.63) is 58.5 Å². The number of halogens is 1. The molecule has 0 saturated carbocycles.